The fraction of sp³-hybridized carbons (Fsp3) is 0.143. The third-order valence-electron chi connectivity index (χ3n) is 4.78. The summed E-state index contributed by atoms with van der Waals surface area (Å²) in [6.07, 6.45) is 2.97. The number of rotatable bonds is 7. The molecule has 170 valence electrons. The first-order valence-electron chi connectivity index (χ1n) is 9.72. The lowest BCUT2D eigenvalue weighted by molar-refractivity contribution is 0.385. The summed E-state index contributed by atoms with van der Waals surface area (Å²) in [5.41, 5.74) is 0.749. The zero-order chi connectivity index (χ0) is 23.6. The molecular formula is C21H20FN7O3S. The predicted molar refractivity (Wildman–Crippen MR) is 123 cm³/mol. The van der Waals surface area contributed by atoms with E-state index in [9.17, 15) is 8.42 Å². The molecule has 4 rings (SSSR count). The Morgan fingerprint density at radius 1 is 1.00 bits per heavy atom. The van der Waals surface area contributed by atoms with Crippen LogP contribution in [0.4, 0.5) is 21.8 Å². The Kier molecular flexibility index (Phi) is 5.92. The van der Waals surface area contributed by atoms with Crippen LogP contribution in [0, 0.1) is 5.82 Å². The molecule has 0 aliphatic rings. The smallest absolute Gasteiger partial charge is 0.267 e. The number of nitrogens with one attached hydrogen (secondary N) is 3. The second-order valence-corrected chi connectivity index (χ2v) is 8.43. The molecule has 0 aliphatic heterocycles. The van der Waals surface area contributed by atoms with Crippen LogP contribution in [0.2, 0.25) is 0 Å². The van der Waals surface area contributed by atoms with Crippen LogP contribution in [0.1, 0.15) is 0 Å². The zero-order valence-corrected chi connectivity index (χ0v) is 18.7. The molecular weight excluding hydrogens is 449 g/mol. The van der Waals surface area contributed by atoms with Gasteiger partial charge in [0.05, 0.1) is 12.8 Å². The first-order valence-corrected chi connectivity index (χ1v) is 11.2. The van der Waals surface area contributed by atoms with Gasteiger partial charge in [0.1, 0.15) is 10.7 Å². The molecule has 10 nitrogen and oxygen atoms in total. The highest BCUT2D eigenvalue weighted by molar-refractivity contribution is 7.92. The lowest BCUT2D eigenvalue weighted by Crippen LogP contribution is -2.15. The standard InChI is InChI=1S/C21H20FN7O3S/c1-23-19-14(10-12-11-26-21(24-2)28-18(12)27-19)13-6-4-7-15(17(13)22)29-33(30,31)16-8-5-9-25-20(16)32-3/h4-11,29H,1-3H3,(H2,23,24,26,27,28). The van der Waals surface area contributed by atoms with Gasteiger partial charge in [0.25, 0.3) is 10.0 Å². The van der Waals surface area contributed by atoms with E-state index in [0.29, 0.717) is 28.4 Å². The molecule has 3 heterocycles. The molecule has 0 bridgehead atoms. The fourth-order valence-electron chi connectivity index (χ4n) is 3.23. The summed E-state index contributed by atoms with van der Waals surface area (Å²) in [5.74, 6) is -0.0950. The SMILES string of the molecule is CNc1ncc2cc(-c3cccc(NS(=O)(=O)c4cccnc4OC)c3F)c(NC)nc2n1. The minimum absolute atomic E-state index is 0.0984. The Morgan fingerprint density at radius 3 is 2.55 bits per heavy atom. The van der Waals surface area contributed by atoms with E-state index in [0.717, 1.165) is 0 Å². The topological polar surface area (TPSA) is 131 Å². The Labute approximate surface area is 189 Å². The summed E-state index contributed by atoms with van der Waals surface area (Å²) in [5, 5.41) is 6.37. The average molecular weight is 470 g/mol. The van der Waals surface area contributed by atoms with Gasteiger partial charge in [-0.15, -0.1) is 0 Å². The molecule has 0 saturated carbocycles. The van der Waals surface area contributed by atoms with Crippen LogP contribution in [0.25, 0.3) is 22.2 Å². The van der Waals surface area contributed by atoms with E-state index in [1.165, 1.54) is 37.6 Å². The molecule has 0 amide bonds. The highest BCUT2D eigenvalue weighted by atomic mass is 32.2. The van der Waals surface area contributed by atoms with Gasteiger partial charge in [-0.3, -0.25) is 4.72 Å². The number of aromatic nitrogens is 4. The number of fused-ring (bicyclic) bond motifs is 1. The van der Waals surface area contributed by atoms with Crippen LogP contribution in [0.5, 0.6) is 5.88 Å². The van der Waals surface area contributed by atoms with Gasteiger partial charge in [-0.25, -0.2) is 27.8 Å². The maximum atomic E-state index is 15.6. The lowest BCUT2D eigenvalue weighted by Gasteiger charge is -2.15. The molecule has 0 spiro atoms. The van der Waals surface area contributed by atoms with Crippen molar-refractivity contribution in [1.82, 2.24) is 19.9 Å². The Bertz CT molecular complexity index is 1450. The van der Waals surface area contributed by atoms with Gasteiger partial charge in [-0.2, -0.15) is 4.98 Å². The number of pyridine rings is 2. The summed E-state index contributed by atoms with van der Waals surface area (Å²) in [4.78, 5) is 16.6. The monoisotopic (exact) mass is 469 g/mol. The quantitative estimate of drug-likeness (QED) is 0.374. The number of halogens is 1. The van der Waals surface area contributed by atoms with E-state index in [4.69, 9.17) is 4.74 Å². The molecule has 12 heteroatoms. The number of hydrogen-bond donors (Lipinski definition) is 3. The van der Waals surface area contributed by atoms with Crippen molar-refractivity contribution in [1.29, 1.82) is 0 Å². The lowest BCUT2D eigenvalue weighted by atomic mass is 10.0. The third kappa shape index (κ3) is 4.20. The van der Waals surface area contributed by atoms with Crippen molar-refractivity contribution in [2.45, 2.75) is 4.90 Å². The summed E-state index contributed by atoms with van der Waals surface area (Å²) in [6, 6.07) is 8.86. The molecule has 1 aromatic carbocycles. The fourth-order valence-corrected chi connectivity index (χ4v) is 4.41. The maximum absolute atomic E-state index is 15.6. The molecule has 4 aromatic rings. The number of hydrogen-bond acceptors (Lipinski definition) is 9. The van der Waals surface area contributed by atoms with Gasteiger partial charge in [0.2, 0.25) is 11.8 Å². The molecule has 0 aliphatic carbocycles. The van der Waals surface area contributed by atoms with E-state index in [-0.39, 0.29) is 22.0 Å². The second-order valence-electron chi connectivity index (χ2n) is 6.77. The van der Waals surface area contributed by atoms with Crippen molar-refractivity contribution in [2.75, 3.05) is 36.6 Å². The van der Waals surface area contributed by atoms with Crippen molar-refractivity contribution >= 4 is 38.5 Å². The highest BCUT2D eigenvalue weighted by Gasteiger charge is 2.23. The van der Waals surface area contributed by atoms with Gasteiger partial charge in [0.15, 0.2) is 11.5 Å². The Hall–Kier alpha value is -4.06. The molecule has 0 atom stereocenters. The van der Waals surface area contributed by atoms with Gasteiger partial charge < -0.3 is 15.4 Å². The van der Waals surface area contributed by atoms with E-state index >= 15 is 4.39 Å². The van der Waals surface area contributed by atoms with Crippen molar-refractivity contribution < 1.29 is 17.5 Å². The van der Waals surface area contributed by atoms with Gasteiger partial charge >= 0.3 is 0 Å². The first-order chi connectivity index (χ1) is 15.9. The Balaban J connectivity index is 1.80. The maximum Gasteiger partial charge on any atom is 0.267 e. The summed E-state index contributed by atoms with van der Waals surface area (Å²) in [7, 11) is 0.474. The minimum atomic E-state index is -4.17. The highest BCUT2D eigenvalue weighted by Crippen LogP contribution is 2.35. The second kappa shape index (κ2) is 8.82. The summed E-state index contributed by atoms with van der Waals surface area (Å²) >= 11 is 0. The molecule has 0 unspecified atom stereocenters. The summed E-state index contributed by atoms with van der Waals surface area (Å²) in [6.45, 7) is 0. The minimum Gasteiger partial charge on any atom is -0.480 e. The van der Waals surface area contributed by atoms with Crippen LogP contribution in [-0.2, 0) is 10.0 Å². The van der Waals surface area contributed by atoms with Gasteiger partial charge in [0, 0.05) is 43.0 Å². The first kappa shape index (κ1) is 22.1. The number of anilines is 3. The van der Waals surface area contributed by atoms with Crippen molar-refractivity contribution in [2.24, 2.45) is 0 Å². The van der Waals surface area contributed by atoms with Gasteiger partial charge in [-0.1, -0.05) is 12.1 Å². The number of ether oxygens (including phenoxy) is 1. The molecule has 33 heavy (non-hydrogen) atoms. The van der Waals surface area contributed by atoms with E-state index in [1.807, 2.05) is 0 Å². The number of benzene rings is 1. The van der Waals surface area contributed by atoms with Gasteiger partial charge in [-0.05, 0) is 24.3 Å². The van der Waals surface area contributed by atoms with E-state index < -0.39 is 15.8 Å². The molecule has 0 radical (unpaired) electrons. The van der Waals surface area contributed by atoms with Crippen molar-refractivity contribution in [3.63, 3.8) is 0 Å². The third-order valence-corrected chi connectivity index (χ3v) is 6.16. The molecule has 0 fully saturated rings. The molecule has 0 saturated heterocycles. The molecule has 3 aromatic heterocycles. The largest absolute Gasteiger partial charge is 0.480 e. The van der Waals surface area contributed by atoms with E-state index in [2.05, 4.69) is 35.3 Å². The van der Waals surface area contributed by atoms with E-state index in [1.54, 1.807) is 32.4 Å². The van der Waals surface area contributed by atoms with Crippen LogP contribution < -0.4 is 20.1 Å². The van der Waals surface area contributed by atoms with Crippen molar-refractivity contribution in [3.05, 3.63) is 54.6 Å². The average Bonchev–Trinajstić information content (AvgIpc) is 2.84. The van der Waals surface area contributed by atoms with Crippen LogP contribution >= 0.6 is 0 Å². The Morgan fingerprint density at radius 2 is 1.82 bits per heavy atom. The number of nitrogens with zero attached hydrogens (tertiary/aromatic N) is 4. The summed E-state index contributed by atoms with van der Waals surface area (Å²) < 4.78 is 48.6. The normalized spacial score (nSPS) is 11.3. The van der Waals surface area contributed by atoms with Crippen LogP contribution in [0.3, 0.4) is 0 Å². The number of sulfonamides is 1. The van der Waals surface area contributed by atoms with Crippen LogP contribution in [0.15, 0.2) is 53.7 Å². The predicted octanol–water partition coefficient (Wildman–Crippen LogP) is 3.12. The van der Waals surface area contributed by atoms with Crippen molar-refractivity contribution in [3.8, 4) is 17.0 Å². The zero-order valence-electron chi connectivity index (χ0n) is 17.9. The van der Waals surface area contributed by atoms with Crippen LogP contribution in [-0.4, -0.2) is 49.6 Å². The number of methoxy groups -OCH3 is 1. The molecule has 3 N–H and O–H groups in total.